The molecule has 1 aromatic carbocycles. The van der Waals surface area contributed by atoms with E-state index in [0.29, 0.717) is 11.3 Å². The first-order chi connectivity index (χ1) is 12.8. The number of rotatable bonds is 3. The maximum absolute atomic E-state index is 14.8. The number of carbonyl (C=O) groups is 1. The van der Waals surface area contributed by atoms with Crippen LogP contribution in [0, 0.1) is 5.82 Å². The summed E-state index contributed by atoms with van der Waals surface area (Å²) in [6.45, 7) is 0.114. The Balaban J connectivity index is 2.07. The lowest BCUT2D eigenvalue weighted by atomic mass is 9.97. The zero-order chi connectivity index (χ0) is 19.3. The second-order valence-corrected chi connectivity index (χ2v) is 7.20. The number of hydrogen-bond acceptors (Lipinski definition) is 2. The molecule has 1 aromatic heterocycles. The van der Waals surface area contributed by atoms with Crippen LogP contribution in [0.5, 0.6) is 0 Å². The second-order valence-electron chi connectivity index (χ2n) is 7.20. The van der Waals surface area contributed by atoms with E-state index in [9.17, 15) is 27.5 Å². The number of carboxylic acids is 1. The van der Waals surface area contributed by atoms with E-state index < -0.39 is 29.6 Å². The van der Waals surface area contributed by atoms with E-state index in [1.807, 2.05) is 0 Å². The molecule has 1 atom stereocenters. The van der Waals surface area contributed by atoms with Crippen LogP contribution >= 0.6 is 0 Å². The molecule has 8 heteroatoms. The van der Waals surface area contributed by atoms with Gasteiger partial charge in [-0.2, -0.15) is 13.2 Å². The number of benzene rings is 1. The monoisotopic (exact) mass is 385 g/mol. The standard InChI is InChI=1S/C19H19F4NO3/c20-13-6-5-12(19(21,22)23)16-11-7-8-27-14(9-15(25)26)17(11)24(18(13)16)10-3-1-2-4-10/h5-6,10,14H,1-4,7-9H2,(H,25,26). The first-order valence-electron chi connectivity index (χ1n) is 9.04. The SMILES string of the molecule is O=C(O)CC1OCCc2c1n(C1CCCC1)c1c(F)ccc(C(F)(F)F)c21. The van der Waals surface area contributed by atoms with Crippen molar-refractivity contribution in [2.45, 2.75) is 56.8 Å². The predicted octanol–water partition coefficient (Wildman–Crippen LogP) is 5.00. The average molecular weight is 385 g/mol. The zero-order valence-corrected chi connectivity index (χ0v) is 14.5. The summed E-state index contributed by atoms with van der Waals surface area (Å²) in [6, 6.07) is 1.49. The summed E-state index contributed by atoms with van der Waals surface area (Å²) >= 11 is 0. The van der Waals surface area contributed by atoms with Crippen molar-refractivity contribution in [3.63, 3.8) is 0 Å². The van der Waals surface area contributed by atoms with Gasteiger partial charge in [-0.25, -0.2) is 4.39 Å². The smallest absolute Gasteiger partial charge is 0.417 e. The highest BCUT2D eigenvalue weighted by atomic mass is 19.4. The lowest BCUT2D eigenvalue weighted by molar-refractivity contribution is -0.141. The Labute approximate surface area is 152 Å². The summed E-state index contributed by atoms with van der Waals surface area (Å²) in [5, 5.41) is 9.08. The van der Waals surface area contributed by atoms with Crippen LogP contribution in [0.1, 0.15) is 61.1 Å². The van der Waals surface area contributed by atoms with E-state index in [-0.39, 0.29) is 36.4 Å². The van der Waals surface area contributed by atoms with Crippen LogP contribution < -0.4 is 0 Å². The first kappa shape index (κ1) is 18.3. The first-order valence-corrected chi connectivity index (χ1v) is 9.04. The van der Waals surface area contributed by atoms with Crippen LogP contribution in [0.4, 0.5) is 17.6 Å². The molecule has 4 rings (SSSR count). The molecule has 27 heavy (non-hydrogen) atoms. The van der Waals surface area contributed by atoms with E-state index in [4.69, 9.17) is 4.74 Å². The number of alkyl halides is 3. The summed E-state index contributed by atoms with van der Waals surface area (Å²) in [4.78, 5) is 11.3. The maximum Gasteiger partial charge on any atom is 0.417 e. The van der Waals surface area contributed by atoms with Gasteiger partial charge in [-0.05, 0) is 37.0 Å². The third-order valence-corrected chi connectivity index (χ3v) is 5.57. The molecule has 0 saturated heterocycles. The molecule has 1 N–H and O–H groups in total. The summed E-state index contributed by atoms with van der Waals surface area (Å²) in [5.74, 6) is -1.82. The molecular weight excluding hydrogens is 366 g/mol. The van der Waals surface area contributed by atoms with E-state index in [1.54, 1.807) is 4.57 Å². The third kappa shape index (κ3) is 2.99. The largest absolute Gasteiger partial charge is 0.481 e. The lowest BCUT2D eigenvalue weighted by Crippen LogP contribution is -2.23. The maximum atomic E-state index is 14.8. The summed E-state index contributed by atoms with van der Waals surface area (Å²) in [5.41, 5.74) is -0.159. The van der Waals surface area contributed by atoms with Crippen molar-refractivity contribution in [2.75, 3.05) is 6.61 Å². The van der Waals surface area contributed by atoms with Gasteiger partial charge in [0.15, 0.2) is 0 Å². The zero-order valence-electron chi connectivity index (χ0n) is 14.5. The average Bonchev–Trinajstić information content (AvgIpc) is 3.20. The van der Waals surface area contributed by atoms with Crippen LogP contribution in [0.3, 0.4) is 0 Å². The van der Waals surface area contributed by atoms with Crippen molar-refractivity contribution in [2.24, 2.45) is 0 Å². The molecule has 1 saturated carbocycles. The molecule has 2 heterocycles. The van der Waals surface area contributed by atoms with Gasteiger partial charge >= 0.3 is 12.1 Å². The van der Waals surface area contributed by atoms with Crippen molar-refractivity contribution in [1.29, 1.82) is 0 Å². The fraction of sp³-hybridized carbons (Fsp3) is 0.526. The molecule has 0 amide bonds. The fourth-order valence-electron chi connectivity index (χ4n) is 4.58. The minimum Gasteiger partial charge on any atom is -0.481 e. The van der Waals surface area contributed by atoms with Crippen molar-refractivity contribution < 1.29 is 32.2 Å². The molecule has 146 valence electrons. The van der Waals surface area contributed by atoms with Crippen molar-refractivity contribution in [1.82, 2.24) is 4.57 Å². The summed E-state index contributed by atoms with van der Waals surface area (Å²) in [7, 11) is 0. The Morgan fingerprint density at radius 3 is 2.59 bits per heavy atom. The molecule has 2 aromatic rings. The van der Waals surface area contributed by atoms with Crippen LogP contribution in [0.25, 0.3) is 10.9 Å². The van der Waals surface area contributed by atoms with E-state index in [1.165, 1.54) is 0 Å². The van der Waals surface area contributed by atoms with Gasteiger partial charge in [-0.1, -0.05) is 12.8 Å². The number of nitrogens with zero attached hydrogens (tertiary/aromatic N) is 1. The molecule has 0 spiro atoms. The number of ether oxygens (including phenoxy) is 1. The molecule has 4 nitrogen and oxygen atoms in total. The number of hydrogen-bond donors (Lipinski definition) is 1. The number of aromatic nitrogens is 1. The highest BCUT2D eigenvalue weighted by molar-refractivity contribution is 5.90. The van der Waals surface area contributed by atoms with Crippen molar-refractivity contribution in [3.8, 4) is 0 Å². The molecule has 1 fully saturated rings. The molecule has 1 aliphatic carbocycles. The molecule has 1 aliphatic heterocycles. The highest BCUT2D eigenvalue weighted by Crippen LogP contribution is 2.47. The minimum absolute atomic E-state index is 0.0670. The Morgan fingerprint density at radius 2 is 1.96 bits per heavy atom. The van der Waals surface area contributed by atoms with E-state index >= 15 is 0 Å². The van der Waals surface area contributed by atoms with Gasteiger partial charge in [0.05, 0.1) is 29.8 Å². The van der Waals surface area contributed by atoms with E-state index in [0.717, 1.165) is 37.8 Å². The summed E-state index contributed by atoms with van der Waals surface area (Å²) in [6.07, 6.45) is -2.39. The van der Waals surface area contributed by atoms with Gasteiger partial charge in [0.1, 0.15) is 11.9 Å². The second kappa shape index (κ2) is 6.51. The fourth-order valence-corrected chi connectivity index (χ4v) is 4.58. The Bertz CT molecular complexity index is 897. The number of halogens is 4. The van der Waals surface area contributed by atoms with Gasteiger partial charge in [0.25, 0.3) is 0 Å². The minimum atomic E-state index is -4.62. The normalized spacial score (nSPS) is 21.0. The van der Waals surface area contributed by atoms with Gasteiger partial charge in [-0.3, -0.25) is 4.79 Å². The number of aliphatic carboxylic acids is 1. The number of carboxylic acid groups (broad SMARTS) is 1. The molecular formula is C19H19F4NO3. The van der Waals surface area contributed by atoms with E-state index in [2.05, 4.69) is 0 Å². The van der Waals surface area contributed by atoms with Crippen LogP contribution in [-0.4, -0.2) is 22.2 Å². The highest BCUT2D eigenvalue weighted by Gasteiger charge is 2.40. The third-order valence-electron chi connectivity index (χ3n) is 5.57. The van der Waals surface area contributed by atoms with Crippen LogP contribution in [0.15, 0.2) is 12.1 Å². The quantitative estimate of drug-likeness (QED) is 0.757. The van der Waals surface area contributed by atoms with Gasteiger partial charge in [-0.15, -0.1) is 0 Å². The van der Waals surface area contributed by atoms with Gasteiger partial charge in [0, 0.05) is 11.4 Å². The topological polar surface area (TPSA) is 51.5 Å². The van der Waals surface area contributed by atoms with Crippen molar-refractivity contribution >= 4 is 16.9 Å². The molecule has 1 unspecified atom stereocenters. The Kier molecular flexibility index (Phi) is 4.41. The van der Waals surface area contributed by atoms with Gasteiger partial charge in [0.2, 0.25) is 0 Å². The summed E-state index contributed by atoms with van der Waals surface area (Å²) < 4.78 is 63.0. The number of fused-ring (bicyclic) bond motifs is 3. The van der Waals surface area contributed by atoms with Crippen LogP contribution in [0.2, 0.25) is 0 Å². The van der Waals surface area contributed by atoms with Gasteiger partial charge < -0.3 is 14.4 Å². The van der Waals surface area contributed by atoms with Crippen LogP contribution in [-0.2, 0) is 22.1 Å². The van der Waals surface area contributed by atoms with Crippen molar-refractivity contribution in [3.05, 3.63) is 34.8 Å². The molecule has 2 aliphatic rings. The Morgan fingerprint density at radius 1 is 1.26 bits per heavy atom. The predicted molar refractivity (Wildman–Crippen MR) is 89.1 cm³/mol. The lowest BCUT2D eigenvalue weighted by Gasteiger charge is -2.27. The molecule has 0 bridgehead atoms. The Hall–Kier alpha value is -2.09. The molecule has 0 radical (unpaired) electrons.